The van der Waals surface area contributed by atoms with Gasteiger partial charge in [0.15, 0.2) is 6.61 Å². The van der Waals surface area contributed by atoms with Gasteiger partial charge in [0.25, 0.3) is 5.91 Å². The smallest absolute Gasteiger partial charge is 0.255 e. The Hall–Kier alpha value is -1.10. The maximum Gasteiger partial charge on any atom is 0.255 e. The van der Waals surface area contributed by atoms with Crippen molar-refractivity contribution in [3.05, 3.63) is 28.5 Å². The first-order chi connectivity index (χ1) is 6.08. The number of rotatable bonds is 3. The average molecular weight is 248 g/mol. The molecule has 0 unspecified atom stereocenters. The van der Waals surface area contributed by atoms with Crippen molar-refractivity contribution in [2.45, 2.75) is 0 Å². The molecule has 0 aromatic heterocycles. The first-order valence-corrected chi connectivity index (χ1v) is 4.24. The van der Waals surface area contributed by atoms with Crippen LogP contribution in [0.25, 0.3) is 0 Å². The van der Waals surface area contributed by atoms with Gasteiger partial charge in [-0.3, -0.25) is 4.79 Å². The highest BCUT2D eigenvalue weighted by Gasteiger charge is 2.01. The van der Waals surface area contributed by atoms with E-state index in [4.69, 9.17) is 10.5 Å². The second kappa shape index (κ2) is 4.23. The van der Waals surface area contributed by atoms with Crippen LogP contribution in [0.1, 0.15) is 0 Å². The van der Waals surface area contributed by atoms with Gasteiger partial charge in [0.1, 0.15) is 11.6 Å². The SMILES string of the molecule is NC(=O)COc1cc(F)cc(Br)c1. The van der Waals surface area contributed by atoms with E-state index in [2.05, 4.69) is 15.9 Å². The molecular weight excluding hydrogens is 241 g/mol. The monoisotopic (exact) mass is 247 g/mol. The summed E-state index contributed by atoms with van der Waals surface area (Å²) in [7, 11) is 0. The van der Waals surface area contributed by atoms with Gasteiger partial charge in [-0.15, -0.1) is 0 Å². The fraction of sp³-hybridized carbons (Fsp3) is 0.125. The van der Waals surface area contributed by atoms with E-state index in [0.717, 1.165) is 0 Å². The molecule has 0 heterocycles. The number of benzene rings is 1. The molecule has 1 amide bonds. The summed E-state index contributed by atoms with van der Waals surface area (Å²) in [5, 5.41) is 0. The van der Waals surface area contributed by atoms with E-state index in [1.807, 2.05) is 0 Å². The number of carbonyl (C=O) groups excluding carboxylic acids is 1. The third kappa shape index (κ3) is 3.42. The predicted octanol–water partition coefficient (Wildman–Crippen LogP) is 1.45. The summed E-state index contributed by atoms with van der Waals surface area (Å²) >= 11 is 3.08. The van der Waals surface area contributed by atoms with Crippen molar-refractivity contribution in [3.63, 3.8) is 0 Å². The summed E-state index contributed by atoms with van der Waals surface area (Å²) in [6.45, 7) is -0.254. The maximum atomic E-state index is 12.7. The summed E-state index contributed by atoms with van der Waals surface area (Å²) in [5.41, 5.74) is 4.85. The molecule has 5 heteroatoms. The first-order valence-electron chi connectivity index (χ1n) is 3.45. The van der Waals surface area contributed by atoms with Crippen molar-refractivity contribution >= 4 is 21.8 Å². The van der Waals surface area contributed by atoms with Gasteiger partial charge in [0, 0.05) is 10.5 Å². The number of amides is 1. The second-order valence-electron chi connectivity index (χ2n) is 2.36. The van der Waals surface area contributed by atoms with E-state index in [0.29, 0.717) is 4.47 Å². The lowest BCUT2D eigenvalue weighted by molar-refractivity contribution is -0.119. The van der Waals surface area contributed by atoms with Crippen LogP contribution < -0.4 is 10.5 Å². The number of ether oxygens (including phenoxy) is 1. The molecular formula is C8H7BrFNO2. The predicted molar refractivity (Wildman–Crippen MR) is 48.8 cm³/mol. The molecule has 0 aliphatic heterocycles. The van der Waals surface area contributed by atoms with E-state index in [9.17, 15) is 9.18 Å². The summed E-state index contributed by atoms with van der Waals surface area (Å²) in [4.78, 5) is 10.3. The Kier molecular flexibility index (Phi) is 3.25. The number of hydrogen-bond donors (Lipinski definition) is 1. The molecule has 0 bridgehead atoms. The van der Waals surface area contributed by atoms with E-state index in [1.54, 1.807) is 6.07 Å². The molecule has 0 spiro atoms. The van der Waals surface area contributed by atoms with Gasteiger partial charge < -0.3 is 10.5 Å². The van der Waals surface area contributed by atoms with Crippen molar-refractivity contribution in [1.29, 1.82) is 0 Å². The minimum atomic E-state index is -0.597. The average Bonchev–Trinajstić information content (AvgIpc) is 1.99. The van der Waals surface area contributed by atoms with Gasteiger partial charge in [0.05, 0.1) is 0 Å². The van der Waals surface area contributed by atoms with Crippen LogP contribution in [-0.4, -0.2) is 12.5 Å². The lowest BCUT2D eigenvalue weighted by Gasteiger charge is -2.03. The fourth-order valence-electron chi connectivity index (χ4n) is 0.766. The molecule has 0 atom stereocenters. The molecule has 3 nitrogen and oxygen atoms in total. The van der Waals surface area contributed by atoms with E-state index in [1.165, 1.54) is 12.1 Å². The highest BCUT2D eigenvalue weighted by atomic mass is 79.9. The van der Waals surface area contributed by atoms with Crippen molar-refractivity contribution in [2.24, 2.45) is 5.73 Å². The molecule has 13 heavy (non-hydrogen) atoms. The Morgan fingerprint density at radius 3 is 2.77 bits per heavy atom. The first kappa shape index (κ1) is 9.98. The minimum Gasteiger partial charge on any atom is -0.484 e. The van der Waals surface area contributed by atoms with Crippen LogP contribution in [0.15, 0.2) is 22.7 Å². The topological polar surface area (TPSA) is 52.3 Å². The van der Waals surface area contributed by atoms with Gasteiger partial charge in [-0.25, -0.2) is 4.39 Å². The minimum absolute atomic E-state index is 0.254. The molecule has 0 radical (unpaired) electrons. The third-order valence-electron chi connectivity index (χ3n) is 1.22. The molecule has 0 aliphatic carbocycles. The molecule has 2 N–H and O–H groups in total. The van der Waals surface area contributed by atoms with Crippen LogP contribution in [0.3, 0.4) is 0 Å². The zero-order valence-electron chi connectivity index (χ0n) is 6.59. The van der Waals surface area contributed by atoms with Crippen LogP contribution in [0.2, 0.25) is 0 Å². The van der Waals surface area contributed by atoms with Crippen LogP contribution in [0.5, 0.6) is 5.75 Å². The molecule has 1 aromatic rings. The Morgan fingerprint density at radius 1 is 1.54 bits per heavy atom. The zero-order valence-corrected chi connectivity index (χ0v) is 8.17. The Bertz CT molecular complexity index is 310. The maximum absolute atomic E-state index is 12.7. The fourth-order valence-corrected chi connectivity index (χ4v) is 1.21. The van der Waals surface area contributed by atoms with Crippen molar-refractivity contribution in [1.82, 2.24) is 0 Å². The Labute approximate surface area is 82.8 Å². The third-order valence-corrected chi connectivity index (χ3v) is 1.68. The number of carbonyl (C=O) groups is 1. The summed E-state index contributed by atoms with van der Waals surface area (Å²) in [6.07, 6.45) is 0. The highest BCUT2D eigenvalue weighted by molar-refractivity contribution is 9.10. The molecule has 1 aromatic carbocycles. The standard InChI is InChI=1S/C8H7BrFNO2/c9-5-1-6(10)3-7(2-5)13-4-8(11)12/h1-3H,4H2,(H2,11,12). The van der Waals surface area contributed by atoms with E-state index < -0.39 is 11.7 Å². The van der Waals surface area contributed by atoms with Crippen molar-refractivity contribution in [3.8, 4) is 5.75 Å². The Morgan fingerprint density at radius 2 is 2.23 bits per heavy atom. The van der Waals surface area contributed by atoms with Crippen LogP contribution >= 0.6 is 15.9 Å². The highest BCUT2D eigenvalue weighted by Crippen LogP contribution is 2.20. The van der Waals surface area contributed by atoms with Gasteiger partial charge in [-0.05, 0) is 12.1 Å². The van der Waals surface area contributed by atoms with E-state index >= 15 is 0 Å². The molecule has 0 saturated heterocycles. The van der Waals surface area contributed by atoms with Crippen molar-refractivity contribution < 1.29 is 13.9 Å². The zero-order chi connectivity index (χ0) is 9.84. The summed E-state index contributed by atoms with van der Waals surface area (Å²) < 4.78 is 18.2. The van der Waals surface area contributed by atoms with Gasteiger partial charge in [-0.1, -0.05) is 15.9 Å². The largest absolute Gasteiger partial charge is 0.484 e. The number of halogens is 2. The van der Waals surface area contributed by atoms with Gasteiger partial charge in [-0.2, -0.15) is 0 Å². The normalized spacial score (nSPS) is 9.69. The molecule has 1 rings (SSSR count). The van der Waals surface area contributed by atoms with Gasteiger partial charge in [0.2, 0.25) is 0 Å². The number of nitrogens with two attached hydrogens (primary N) is 1. The molecule has 0 saturated carbocycles. The molecule has 0 aliphatic rings. The summed E-state index contributed by atoms with van der Waals surface area (Å²) in [6, 6.07) is 4.01. The van der Waals surface area contributed by atoms with E-state index in [-0.39, 0.29) is 12.4 Å². The second-order valence-corrected chi connectivity index (χ2v) is 3.28. The molecule has 70 valence electrons. The van der Waals surface area contributed by atoms with Crippen LogP contribution in [0.4, 0.5) is 4.39 Å². The lowest BCUT2D eigenvalue weighted by atomic mass is 10.3. The summed E-state index contributed by atoms with van der Waals surface area (Å²) in [5.74, 6) is -0.764. The quantitative estimate of drug-likeness (QED) is 0.880. The number of primary amides is 1. The van der Waals surface area contributed by atoms with Crippen molar-refractivity contribution in [2.75, 3.05) is 6.61 Å². The molecule has 0 fully saturated rings. The van der Waals surface area contributed by atoms with Gasteiger partial charge >= 0.3 is 0 Å². The van der Waals surface area contributed by atoms with Crippen LogP contribution in [-0.2, 0) is 4.79 Å². The lowest BCUT2D eigenvalue weighted by Crippen LogP contribution is -2.20. The number of hydrogen-bond acceptors (Lipinski definition) is 2. The Balaban J connectivity index is 2.71. The van der Waals surface area contributed by atoms with Crippen LogP contribution in [0, 0.1) is 5.82 Å².